The Hall–Kier alpha value is -2.08. The number of rotatable bonds is 5. The first-order chi connectivity index (χ1) is 9.06. The summed E-state index contributed by atoms with van der Waals surface area (Å²) >= 11 is 5.91. The van der Waals surface area contributed by atoms with E-state index in [1.54, 1.807) is 18.3 Å². The van der Waals surface area contributed by atoms with Crippen molar-refractivity contribution in [2.45, 2.75) is 13.1 Å². The van der Waals surface area contributed by atoms with Gasteiger partial charge in [0.15, 0.2) is 0 Å². The van der Waals surface area contributed by atoms with Gasteiger partial charge in [-0.3, -0.25) is 9.48 Å². The maximum absolute atomic E-state index is 13.5. The number of nitrogens with one attached hydrogen (secondary N) is 1. The fourth-order valence-corrected chi connectivity index (χ4v) is 1.82. The molecule has 0 saturated carbocycles. The summed E-state index contributed by atoms with van der Waals surface area (Å²) < 4.78 is 14.9. The second-order valence-electron chi connectivity index (χ2n) is 3.95. The van der Waals surface area contributed by atoms with Crippen LogP contribution in [0.5, 0.6) is 0 Å². The largest absolute Gasteiger partial charge is 0.378 e. The zero-order valence-corrected chi connectivity index (χ0v) is 10.7. The number of carbonyl (C=O) groups is 1. The van der Waals surface area contributed by atoms with Crippen LogP contribution in [0.1, 0.15) is 5.56 Å². The van der Waals surface area contributed by atoms with Gasteiger partial charge in [0, 0.05) is 23.3 Å². The van der Waals surface area contributed by atoms with E-state index in [9.17, 15) is 9.18 Å². The highest BCUT2D eigenvalue weighted by atomic mass is 35.5. The molecule has 3 N–H and O–H groups in total. The molecule has 19 heavy (non-hydrogen) atoms. The van der Waals surface area contributed by atoms with Gasteiger partial charge in [-0.15, -0.1) is 0 Å². The Labute approximate surface area is 114 Å². The van der Waals surface area contributed by atoms with Gasteiger partial charge in [-0.05, 0) is 12.1 Å². The molecule has 0 radical (unpaired) electrons. The van der Waals surface area contributed by atoms with Gasteiger partial charge in [-0.25, -0.2) is 4.39 Å². The van der Waals surface area contributed by atoms with Gasteiger partial charge in [0.25, 0.3) is 0 Å². The van der Waals surface area contributed by atoms with Crippen LogP contribution in [0, 0.1) is 5.82 Å². The minimum absolute atomic E-state index is 0.00212. The molecular formula is C12H12ClFN4O. The van der Waals surface area contributed by atoms with Gasteiger partial charge >= 0.3 is 0 Å². The van der Waals surface area contributed by atoms with E-state index in [0.717, 1.165) is 0 Å². The van der Waals surface area contributed by atoms with Gasteiger partial charge < -0.3 is 11.1 Å². The molecule has 0 unspecified atom stereocenters. The number of aromatic nitrogens is 2. The lowest BCUT2D eigenvalue weighted by atomic mass is 10.2. The summed E-state index contributed by atoms with van der Waals surface area (Å²) in [7, 11) is 0. The van der Waals surface area contributed by atoms with Crippen molar-refractivity contribution in [1.29, 1.82) is 0 Å². The van der Waals surface area contributed by atoms with E-state index in [0.29, 0.717) is 16.3 Å². The normalized spacial score (nSPS) is 10.4. The monoisotopic (exact) mass is 282 g/mol. The predicted molar refractivity (Wildman–Crippen MR) is 70.2 cm³/mol. The first-order valence-corrected chi connectivity index (χ1v) is 5.91. The quantitative estimate of drug-likeness (QED) is 0.878. The number of hydrogen-bond acceptors (Lipinski definition) is 3. The van der Waals surface area contributed by atoms with Crippen molar-refractivity contribution in [3.05, 3.63) is 47.0 Å². The van der Waals surface area contributed by atoms with Gasteiger partial charge in [0.2, 0.25) is 5.91 Å². The van der Waals surface area contributed by atoms with Crippen molar-refractivity contribution >= 4 is 23.2 Å². The van der Waals surface area contributed by atoms with E-state index in [2.05, 4.69) is 10.4 Å². The van der Waals surface area contributed by atoms with Crippen molar-refractivity contribution < 1.29 is 9.18 Å². The Balaban J connectivity index is 2.02. The molecule has 1 aromatic heterocycles. The van der Waals surface area contributed by atoms with Gasteiger partial charge in [-0.2, -0.15) is 5.10 Å². The maximum Gasteiger partial charge on any atom is 0.239 e. The van der Waals surface area contributed by atoms with Crippen molar-refractivity contribution in [2.75, 3.05) is 5.32 Å². The molecule has 0 saturated heterocycles. The van der Waals surface area contributed by atoms with Crippen LogP contribution < -0.4 is 11.1 Å². The van der Waals surface area contributed by atoms with E-state index < -0.39 is 5.91 Å². The molecule has 0 aliphatic rings. The van der Waals surface area contributed by atoms with Crippen LogP contribution in [0.25, 0.3) is 0 Å². The third-order valence-electron chi connectivity index (χ3n) is 2.48. The Kier molecular flexibility index (Phi) is 4.01. The third-order valence-corrected chi connectivity index (χ3v) is 2.84. The molecule has 0 bridgehead atoms. The molecule has 0 aliphatic carbocycles. The Morgan fingerprint density at radius 3 is 3.00 bits per heavy atom. The molecule has 1 amide bonds. The summed E-state index contributed by atoms with van der Waals surface area (Å²) in [5.41, 5.74) is 6.09. The number of carbonyl (C=O) groups excluding carboxylic acids is 1. The second-order valence-corrected chi connectivity index (χ2v) is 4.35. The summed E-state index contributed by atoms with van der Waals surface area (Å²) in [6.45, 7) is 0.232. The topological polar surface area (TPSA) is 72.9 Å². The number of anilines is 1. The van der Waals surface area contributed by atoms with E-state index >= 15 is 0 Å². The average Bonchev–Trinajstić information content (AvgIpc) is 2.75. The van der Waals surface area contributed by atoms with Crippen LogP contribution in [0.15, 0.2) is 30.6 Å². The first kappa shape index (κ1) is 13.4. The lowest BCUT2D eigenvalue weighted by Gasteiger charge is -2.06. The third kappa shape index (κ3) is 3.45. The van der Waals surface area contributed by atoms with Crippen molar-refractivity contribution in [2.24, 2.45) is 5.73 Å². The van der Waals surface area contributed by atoms with Gasteiger partial charge in [0.05, 0.1) is 11.9 Å². The minimum atomic E-state index is -0.480. The summed E-state index contributed by atoms with van der Waals surface area (Å²) in [6, 6.07) is 4.52. The molecule has 2 aromatic rings. The molecule has 5 nitrogen and oxygen atoms in total. The summed E-state index contributed by atoms with van der Waals surface area (Å²) in [5, 5.41) is 7.27. The highest BCUT2D eigenvalue weighted by Crippen LogP contribution is 2.20. The van der Waals surface area contributed by atoms with Crippen LogP contribution in [-0.4, -0.2) is 15.7 Å². The number of amides is 1. The molecular weight excluding hydrogens is 271 g/mol. The molecule has 0 aliphatic heterocycles. The second kappa shape index (κ2) is 5.71. The summed E-state index contributed by atoms with van der Waals surface area (Å²) in [5.74, 6) is -0.851. The number of hydrogen-bond donors (Lipinski definition) is 2. The highest BCUT2D eigenvalue weighted by Gasteiger charge is 2.07. The van der Waals surface area contributed by atoms with Crippen LogP contribution in [-0.2, 0) is 17.9 Å². The number of nitrogens with zero attached hydrogens (tertiary/aromatic N) is 2. The summed E-state index contributed by atoms with van der Waals surface area (Å²) in [4.78, 5) is 10.7. The Bertz CT molecular complexity index is 579. The highest BCUT2D eigenvalue weighted by molar-refractivity contribution is 6.31. The number of halogens is 2. The van der Waals surface area contributed by atoms with Crippen LogP contribution in [0.2, 0.25) is 5.02 Å². The zero-order chi connectivity index (χ0) is 13.8. The molecule has 1 heterocycles. The fraction of sp³-hybridized carbons (Fsp3) is 0.167. The predicted octanol–water partition coefficient (Wildman–Crippen LogP) is 1.77. The van der Waals surface area contributed by atoms with Crippen LogP contribution in [0.4, 0.5) is 10.1 Å². The Morgan fingerprint density at radius 1 is 1.53 bits per heavy atom. The number of nitrogens with two attached hydrogens (primary N) is 1. The number of primary amides is 1. The van der Waals surface area contributed by atoms with Gasteiger partial charge in [-0.1, -0.05) is 17.7 Å². The molecule has 1 aromatic carbocycles. The standard InChI is InChI=1S/C12H12ClFN4O/c13-10-2-1-3-11(14)9(10)5-16-8-4-17-18(6-8)7-12(15)19/h1-4,6,16H,5,7H2,(H2,15,19). The zero-order valence-electron chi connectivity index (χ0n) is 9.94. The van der Waals surface area contributed by atoms with Crippen LogP contribution >= 0.6 is 11.6 Å². The smallest absolute Gasteiger partial charge is 0.239 e. The fourth-order valence-electron chi connectivity index (χ4n) is 1.59. The van der Waals surface area contributed by atoms with E-state index in [1.807, 2.05) is 0 Å². The Morgan fingerprint density at radius 2 is 2.32 bits per heavy atom. The van der Waals surface area contributed by atoms with Crippen molar-refractivity contribution in [3.8, 4) is 0 Å². The van der Waals surface area contributed by atoms with E-state index in [4.69, 9.17) is 17.3 Å². The van der Waals surface area contributed by atoms with Gasteiger partial charge in [0.1, 0.15) is 12.4 Å². The molecule has 7 heteroatoms. The van der Waals surface area contributed by atoms with Crippen LogP contribution in [0.3, 0.4) is 0 Å². The molecule has 0 spiro atoms. The first-order valence-electron chi connectivity index (χ1n) is 5.54. The van der Waals surface area contributed by atoms with E-state index in [-0.39, 0.29) is 18.9 Å². The maximum atomic E-state index is 13.5. The average molecular weight is 283 g/mol. The van der Waals surface area contributed by atoms with Crippen molar-refractivity contribution in [1.82, 2.24) is 9.78 Å². The SMILES string of the molecule is NC(=O)Cn1cc(NCc2c(F)cccc2Cl)cn1. The van der Waals surface area contributed by atoms with Crippen molar-refractivity contribution in [3.63, 3.8) is 0 Å². The number of benzene rings is 1. The lowest BCUT2D eigenvalue weighted by Crippen LogP contribution is -2.18. The minimum Gasteiger partial charge on any atom is -0.378 e. The van der Waals surface area contributed by atoms with E-state index in [1.165, 1.54) is 16.9 Å². The lowest BCUT2D eigenvalue weighted by molar-refractivity contribution is -0.118. The molecule has 2 rings (SSSR count). The summed E-state index contributed by atoms with van der Waals surface area (Å²) in [6.07, 6.45) is 3.14. The molecule has 0 atom stereocenters. The molecule has 100 valence electrons. The molecule has 0 fully saturated rings.